The van der Waals surface area contributed by atoms with Gasteiger partial charge in [0.15, 0.2) is 5.82 Å². The maximum atomic E-state index is 13.1. The minimum atomic E-state index is 0.0857. The van der Waals surface area contributed by atoms with Gasteiger partial charge >= 0.3 is 0 Å². The number of anilines is 2. The molecule has 0 saturated heterocycles. The molecule has 0 unspecified atom stereocenters. The lowest BCUT2D eigenvalue weighted by Crippen LogP contribution is -2.32. The minimum Gasteiger partial charge on any atom is -0.361 e. The zero-order chi connectivity index (χ0) is 16.9. The van der Waals surface area contributed by atoms with Gasteiger partial charge in [0, 0.05) is 38.7 Å². The molecule has 4 nitrogen and oxygen atoms in total. The number of carbonyl (C=O) groups excluding carboxylic acids is 1. The number of carbonyl (C=O) groups is 1. The van der Waals surface area contributed by atoms with Gasteiger partial charge in [-0.1, -0.05) is 24.3 Å². The molecule has 1 aromatic carbocycles. The lowest BCUT2D eigenvalue weighted by molar-refractivity contribution is -0.119. The van der Waals surface area contributed by atoms with Gasteiger partial charge in [-0.3, -0.25) is 4.79 Å². The minimum absolute atomic E-state index is 0.0857. The molecule has 2 atom stereocenters. The van der Waals surface area contributed by atoms with Crippen molar-refractivity contribution in [2.75, 3.05) is 30.9 Å². The van der Waals surface area contributed by atoms with Crippen LogP contribution in [0.3, 0.4) is 0 Å². The van der Waals surface area contributed by atoms with Crippen LogP contribution in [0.25, 0.3) is 0 Å². The molecule has 0 bridgehead atoms. The molecule has 24 heavy (non-hydrogen) atoms. The van der Waals surface area contributed by atoms with Crippen molar-refractivity contribution in [2.24, 2.45) is 5.92 Å². The zero-order valence-corrected chi connectivity index (χ0v) is 14.5. The molecule has 0 radical (unpaired) electrons. The quantitative estimate of drug-likeness (QED) is 0.872. The number of aromatic nitrogens is 1. The predicted octanol–water partition coefficient (Wildman–Crippen LogP) is 3.01. The molecular formula is C20H23N3O. The van der Waals surface area contributed by atoms with Gasteiger partial charge in [0.25, 0.3) is 0 Å². The van der Waals surface area contributed by atoms with Crippen molar-refractivity contribution in [1.29, 1.82) is 0 Å². The molecule has 1 saturated carbocycles. The maximum Gasteiger partial charge on any atom is 0.230 e. The van der Waals surface area contributed by atoms with Gasteiger partial charge in [-0.05, 0) is 42.5 Å². The molecule has 124 valence electrons. The predicted molar refractivity (Wildman–Crippen MR) is 96.5 cm³/mol. The topological polar surface area (TPSA) is 36.4 Å². The van der Waals surface area contributed by atoms with E-state index >= 15 is 0 Å². The molecular weight excluding hydrogens is 298 g/mol. The zero-order valence-electron chi connectivity index (χ0n) is 14.5. The van der Waals surface area contributed by atoms with Crippen LogP contribution in [-0.4, -0.2) is 32.0 Å². The van der Waals surface area contributed by atoms with Crippen molar-refractivity contribution >= 4 is 17.4 Å². The van der Waals surface area contributed by atoms with Gasteiger partial charge in [0.1, 0.15) is 0 Å². The normalized spacial score (nSPS) is 23.9. The van der Waals surface area contributed by atoms with Crippen molar-refractivity contribution in [3.8, 4) is 0 Å². The van der Waals surface area contributed by atoms with Crippen LogP contribution in [0.5, 0.6) is 0 Å². The fourth-order valence-electron chi connectivity index (χ4n) is 4.27. The summed E-state index contributed by atoms with van der Waals surface area (Å²) < 4.78 is 0. The summed E-state index contributed by atoms with van der Waals surface area (Å²) in [5.41, 5.74) is 3.78. The molecule has 0 N–H and O–H groups in total. The molecule has 1 heterocycles. The third kappa shape index (κ3) is 2.13. The Kier molecular flexibility index (Phi) is 3.37. The molecule has 2 aliphatic rings. The first-order chi connectivity index (χ1) is 11.5. The van der Waals surface area contributed by atoms with E-state index in [1.54, 1.807) is 11.1 Å². The molecule has 2 aliphatic carbocycles. The smallest absolute Gasteiger partial charge is 0.230 e. The lowest BCUT2D eigenvalue weighted by atomic mass is 9.95. The Morgan fingerprint density at radius 1 is 1.17 bits per heavy atom. The number of aryl methyl sites for hydroxylation is 1. The summed E-state index contributed by atoms with van der Waals surface area (Å²) in [4.78, 5) is 21.3. The number of benzene rings is 1. The highest BCUT2D eigenvalue weighted by Crippen LogP contribution is 2.62. The SMILES string of the molecule is CN(C)c1ncccc1N(C)C(=O)[C@H]1C[C@]12CCc1ccccc12. The molecule has 0 aliphatic heterocycles. The van der Waals surface area contributed by atoms with Gasteiger partial charge in [-0.2, -0.15) is 0 Å². The number of fused-ring (bicyclic) bond motifs is 2. The summed E-state index contributed by atoms with van der Waals surface area (Å²) in [5.74, 6) is 1.14. The summed E-state index contributed by atoms with van der Waals surface area (Å²) in [6, 6.07) is 12.5. The summed E-state index contributed by atoms with van der Waals surface area (Å²) in [5, 5.41) is 0. The van der Waals surface area contributed by atoms with Crippen molar-refractivity contribution < 1.29 is 4.79 Å². The Bertz CT molecular complexity index is 801. The van der Waals surface area contributed by atoms with Crippen LogP contribution >= 0.6 is 0 Å². The van der Waals surface area contributed by atoms with Crippen LogP contribution in [0, 0.1) is 5.92 Å². The van der Waals surface area contributed by atoms with E-state index in [1.807, 2.05) is 38.2 Å². The average molecular weight is 321 g/mol. The first-order valence-corrected chi connectivity index (χ1v) is 8.53. The van der Waals surface area contributed by atoms with E-state index in [0.717, 1.165) is 30.8 Å². The second-order valence-corrected chi connectivity index (χ2v) is 7.21. The van der Waals surface area contributed by atoms with Crippen molar-refractivity contribution in [3.63, 3.8) is 0 Å². The van der Waals surface area contributed by atoms with Crippen LogP contribution in [0.15, 0.2) is 42.6 Å². The van der Waals surface area contributed by atoms with Crippen molar-refractivity contribution in [1.82, 2.24) is 4.98 Å². The van der Waals surface area contributed by atoms with E-state index in [9.17, 15) is 4.79 Å². The maximum absolute atomic E-state index is 13.1. The summed E-state index contributed by atoms with van der Waals surface area (Å²) in [6.07, 6.45) is 4.94. The highest BCUT2D eigenvalue weighted by Gasteiger charge is 2.62. The van der Waals surface area contributed by atoms with E-state index in [1.165, 1.54) is 11.1 Å². The van der Waals surface area contributed by atoms with Crippen LogP contribution in [0.1, 0.15) is 24.0 Å². The summed E-state index contributed by atoms with van der Waals surface area (Å²) >= 11 is 0. The van der Waals surface area contributed by atoms with Gasteiger partial charge < -0.3 is 9.80 Å². The van der Waals surface area contributed by atoms with Crippen molar-refractivity contribution in [3.05, 3.63) is 53.7 Å². The Labute approximate surface area is 143 Å². The highest BCUT2D eigenvalue weighted by atomic mass is 16.2. The van der Waals surface area contributed by atoms with E-state index in [4.69, 9.17) is 0 Å². The van der Waals surface area contributed by atoms with Gasteiger partial charge in [0.05, 0.1) is 5.69 Å². The largest absolute Gasteiger partial charge is 0.361 e. The molecule has 1 aromatic heterocycles. The molecule has 1 spiro atoms. The third-order valence-electron chi connectivity index (χ3n) is 5.65. The Morgan fingerprint density at radius 2 is 1.96 bits per heavy atom. The van der Waals surface area contributed by atoms with E-state index in [-0.39, 0.29) is 17.2 Å². The van der Waals surface area contributed by atoms with E-state index < -0.39 is 0 Å². The van der Waals surface area contributed by atoms with Gasteiger partial charge in [0.2, 0.25) is 5.91 Å². The Morgan fingerprint density at radius 3 is 2.75 bits per heavy atom. The summed E-state index contributed by atoms with van der Waals surface area (Å²) in [7, 11) is 5.78. The van der Waals surface area contributed by atoms with E-state index in [0.29, 0.717) is 0 Å². The second-order valence-electron chi connectivity index (χ2n) is 7.21. The van der Waals surface area contributed by atoms with Gasteiger partial charge in [-0.25, -0.2) is 4.98 Å². The second kappa shape index (κ2) is 5.33. The lowest BCUT2D eigenvalue weighted by Gasteiger charge is -2.24. The number of rotatable bonds is 3. The molecule has 4 rings (SSSR count). The van der Waals surface area contributed by atoms with Crippen LogP contribution < -0.4 is 9.80 Å². The van der Waals surface area contributed by atoms with Crippen LogP contribution in [0.2, 0.25) is 0 Å². The van der Waals surface area contributed by atoms with Crippen molar-refractivity contribution in [2.45, 2.75) is 24.7 Å². The molecule has 1 fully saturated rings. The molecule has 2 aromatic rings. The highest BCUT2D eigenvalue weighted by molar-refractivity contribution is 6.00. The summed E-state index contributed by atoms with van der Waals surface area (Å²) in [6.45, 7) is 0. The Balaban J connectivity index is 1.61. The Hall–Kier alpha value is -2.36. The molecule has 1 amide bonds. The van der Waals surface area contributed by atoms with Crippen LogP contribution in [-0.2, 0) is 16.6 Å². The van der Waals surface area contributed by atoms with Crippen LogP contribution in [0.4, 0.5) is 11.5 Å². The fraction of sp³-hybridized carbons (Fsp3) is 0.400. The third-order valence-corrected chi connectivity index (χ3v) is 5.65. The number of hydrogen-bond donors (Lipinski definition) is 0. The number of nitrogens with zero attached hydrogens (tertiary/aromatic N) is 3. The fourth-order valence-corrected chi connectivity index (χ4v) is 4.27. The number of hydrogen-bond acceptors (Lipinski definition) is 3. The average Bonchev–Trinajstić information content (AvgIpc) is 3.22. The first kappa shape index (κ1) is 15.2. The molecule has 4 heteroatoms. The van der Waals surface area contributed by atoms with E-state index in [2.05, 4.69) is 29.2 Å². The first-order valence-electron chi connectivity index (χ1n) is 8.53. The standard InChI is InChI=1S/C20H23N3O/c1-22(2)18-17(9-6-12-21-18)23(3)19(24)16-13-20(16)11-10-14-7-4-5-8-15(14)20/h4-9,12,16H,10-11,13H2,1-3H3/t16-,20+/m1/s1. The van der Waals surface area contributed by atoms with Gasteiger partial charge in [-0.15, -0.1) is 0 Å². The number of amides is 1. The number of pyridine rings is 1. The monoisotopic (exact) mass is 321 g/mol.